The van der Waals surface area contributed by atoms with Gasteiger partial charge in [0.05, 0.1) is 19.9 Å². The normalized spacial score (nSPS) is 9.67. The molecule has 0 saturated heterocycles. The standard InChI is InChI=1S/C11H14N2O5/c1-13(7-10(15)17-2)9(14)6-12-11(16)8-4-3-5-18-8/h3-5H,6-7H2,1-2H3,(H,12,16). The lowest BCUT2D eigenvalue weighted by molar-refractivity contribution is -0.145. The van der Waals surface area contributed by atoms with Crippen LogP contribution in [0.3, 0.4) is 0 Å². The van der Waals surface area contributed by atoms with E-state index in [9.17, 15) is 14.4 Å². The molecule has 0 bridgehead atoms. The Hall–Kier alpha value is -2.31. The molecule has 1 rings (SSSR count). The first-order chi connectivity index (χ1) is 8.54. The van der Waals surface area contributed by atoms with Gasteiger partial charge in [0, 0.05) is 7.05 Å². The molecule has 7 heteroatoms. The number of ether oxygens (including phenoxy) is 1. The van der Waals surface area contributed by atoms with Crippen molar-refractivity contribution >= 4 is 17.8 Å². The van der Waals surface area contributed by atoms with Gasteiger partial charge >= 0.3 is 5.97 Å². The van der Waals surface area contributed by atoms with Crippen molar-refractivity contribution < 1.29 is 23.5 Å². The molecule has 0 aliphatic carbocycles. The fourth-order valence-electron chi connectivity index (χ4n) is 1.13. The van der Waals surface area contributed by atoms with Gasteiger partial charge in [-0.15, -0.1) is 0 Å². The third-order valence-electron chi connectivity index (χ3n) is 2.16. The summed E-state index contributed by atoms with van der Waals surface area (Å²) in [4.78, 5) is 35.1. The number of carbonyl (C=O) groups excluding carboxylic acids is 3. The number of hydrogen-bond acceptors (Lipinski definition) is 5. The molecular formula is C11H14N2O5. The molecule has 1 N–H and O–H groups in total. The summed E-state index contributed by atoms with van der Waals surface area (Å²) in [6.07, 6.45) is 1.36. The van der Waals surface area contributed by atoms with Gasteiger partial charge in [-0.25, -0.2) is 0 Å². The molecule has 18 heavy (non-hydrogen) atoms. The van der Waals surface area contributed by atoms with Gasteiger partial charge in [0.1, 0.15) is 6.54 Å². The second-order valence-electron chi connectivity index (χ2n) is 3.49. The number of amides is 2. The Bertz CT molecular complexity index is 427. The highest BCUT2D eigenvalue weighted by Crippen LogP contribution is 1.98. The third kappa shape index (κ3) is 3.93. The lowest BCUT2D eigenvalue weighted by Gasteiger charge is -2.15. The monoisotopic (exact) mass is 254 g/mol. The Morgan fingerprint density at radius 2 is 2.17 bits per heavy atom. The van der Waals surface area contributed by atoms with Gasteiger partial charge in [-0.2, -0.15) is 0 Å². The summed E-state index contributed by atoms with van der Waals surface area (Å²) in [7, 11) is 2.68. The van der Waals surface area contributed by atoms with Gasteiger partial charge in [-0.05, 0) is 12.1 Å². The van der Waals surface area contributed by atoms with E-state index in [1.807, 2.05) is 0 Å². The molecule has 0 fully saturated rings. The number of carbonyl (C=O) groups is 3. The van der Waals surface area contributed by atoms with Crippen LogP contribution in [0.4, 0.5) is 0 Å². The highest BCUT2D eigenvalue weighted by atomic mass is 16.5. The molecule has 0 radical (unpaired) electrons. The summed E-state index contributed by atoms with van der Waals surface area (Å²) in [6.45, 7) is -0.376. The van der Waals surface area contributed by atoms with Gasteiger partial charge in [0.15, 0.2) is 5.76 Å². The molecule has 0 aromatic carbocycles. The number of nitrogens with one attached hydrogen (secondary N) is 1. The number of furan rings is 1. The Kier molecular flexibility index (Phi) is 4.91. The zero-order valence-corrected chi connectivity index (χ0v) is 10.1. The van der Waals surface area contributed by atoms with Gasteiger partial charge in [0.2, 0.25) is 5.91 Å². The van der Waals surface area contributed by atoms with E-state index in [1.165, 1.54) is 26.5 Å². The fourth-order valence-corrected chi connectivity index (χ4v) is 1.13. The van der Waals surface area contributed by atoms with Crippen LogP contribution in [0.25, 0.3) is 0 Å². The first-order valence-electron chi connectivity index (χ1n) is 5.17. The van der Waals surface area contributed by atoms with Crippen molar-refractivity contribution in [1.82, 2.24) is 10.2 Å². The number of esters is 1. The van der Waals surface area contributed by atoms with Crippen molar-refractivity contribution in [2.45, 2.75) is 0 Å². The molecule has 1 aromatic heterocycles. The summed E-state index contributed by atoms with van der Waals surface area (Å²) in [5.74, 6) is -1.29. The predicted octanol–water partition coefficient (Wildman–Crippen LogP) is -0.359. The summed E-state index contributed by atoms with van der Waals surface area (Å²) in [6, 6.07) is 3.05. The van der Waals surface area contributed by atoms with E-state index < -0.39 is 17.8 Å². The average molecular weight is 254 g/mol. The molecule has 2 amide bonds. The van der Waals surface area contributed by atoms with Crippen molar-refractivity contribution in [3.63, 3.8) is 0 Å². The minimum atomic E-state index is -0.525. The third-order valence-corrected chi connectivity index (χ3v) is 2.16. The SMILES string of the molecule is COC(=O)CN(C)C(=O)CNC(=O)c1ccco1. The van der Waals surface area contributed by atoms with Crippen molar-refractivity contribution in [3.05, 3.63) is 24.2 Å². The Labute approximate surface area is 104 Å². The minimum Gasteiger partial charge on any atom is -0.468 e. The van der Waals surface area contributed by atoms with Gasteiger partial charge in [0.25, 0.3) is 5.91 Å². The Morgan fingerprint density at radius 3 is 2.72 bits per heavy atom. The largest absolute Gasteiger partial charge is 0.468 e. The van der Waals surface area contributed by atoms with E-state index in [0.29, 0.717) is 0 Å². The summed E-state index contributed by atoms with van der Waals surface area (Å²) >= 11 is 0. The second kappa shape index (κ2) is 6.43. The highest BCUT2D eigenvalue weighted by molar-refractivity contribution is 5.94. The molecule has 1 heterocycles. The molecule has 98 valence electrons. The van der Waals surface area contributed by atoms with E-state index in [-0.39, 0.29) is 18.8 Å². The van der Waals surface area contributed by atoms with Gasteiger partial charge in [-0.3, -0.25) is 14.4 Å². The van der Waals surface area contributed by atoms with Crippen LogP contribution in [0.2, 0.25) is 0 Å². The van der Waals surface area contributed by atoms with Crippen LogP contribution >= 0.6 is 0 Å². The van der Waals surface area contributed by atoms with Crippen LogP contribution in [0, 0.1) is 0 Å². The maximum atomic E-state index is 11.5. The maximum Gasteiger partial charge on any atom is 0.325 e. The molecule has 1 aromatic rings. The molecule has 0 aliphatic heterocycles. The van der Waals surface area contributed by atoms with E-state index in [4.69, 9.17) is 4.42 Å². The molecule has 0 aliphatic rings. The van der Waals surface area contributed by atoms with E-state index in [0.717, 1.165) is 4.90 Å². The first-order valence-corrected chi connectivity index (χ1v) is 5.17. The number of nitrogens with zero attached hydrogens (tertiary/aromatic N) is 1. The Morgan fingerprint density at radius 1 is 1.44 bits per heavy atom. The second-order valence-corrected chi connectivity index (χ2v) is 3.49. The van der Waals surface area contributed by atoms with Crippen LogP contribution in [0.5, 0.6) is 0 Å². The van der Waals surface area contributed by atoms with Crippen LogP contribution in [0.1, 0.15) is 10.6 Å². The van der Waals surface area contributed by atoms with Gasteiger partial charge < -0.3 is 19.4 Å². The summed E-state index contributed by atoms with van der Waals surface area (Å²) in [5.41, 5.74) is 0. The number of methoxy groups -OCH3 is 1. The van der Waals surface area contributed by atoms with E-state index in [2.05, 4.69) is 10.1 Å². The highest BCUT2D eigenvalue weighted by Gasteiger charge is 2.15. The van der Waals surface area contributed by atoms with Crippen molar-refractivity contribution in [3.8, 4) is 0 Å². The van der Waals surface area contributed by atoms with Crippen LogP contribution in [-0.4, -0.2) is 49.9 Å². The van der Waals surface area contributed by atoms with Crippen LogP contribution in [-0.2, 0) is 14.3 Å². The van der Waals surface area contributed by atoms with Gasteiger partial charge in [-0.1, -0.05) is 0 Å². The lowest BCUT2D eigenvalue weighted by Crippen LogP contribution is -2.40. The van der Waals surface area contributed by atoms with E-state index >= 15 is 0 Å². The molecule has 0 spiro atoms. The van der Waals surface area contributed by atoms with E-state index in [1.54, 1.807) is 6.07 Å². The van der Waals surface area contributed by atoms with Crippen LogP contribution in [0.15, 0.2) is 22.8 Å². The quantitative estimate of drug-likeness (QED) is 0.725. The Balaban J connectivity index is 2.37. The van der Waals surface area contributed by atoms with Crippen LogP contribution < -0.4 is 5.32 Å². The molecule has 7 nitrogen and oxygen atoms in total. The molecule has 0 atom stereocenters. The zero-order valence-electron chi connectivity index (χ0n) is 10.1. The zero-order chi connectivity index (χ0) is 13.5. The first kappa shape index (κ1) is 13.8. The maximum absolute atomic E-state index is 11.5. The minimum absolute atomic E-state index is 0.124. The topological polar surface area (TPSA) is 88.9 Å². The number of hydrogen-bond donors (Lipinski definition) is 1. The van der Waals surface area contributed by atoms with Crippen molar-refractivity contribution in [1.29, 1.82) is 0 Å². The fraction of sp³-hybridized carbons (Fsp3) is 0.364. The molecule has 0 saturated carbocycles. The summed E-state index contributed by atoms with van der Waals surface area (Å²) in [5, 5.41) is 2.38. The molecular weight excluding hydrogens is 240 g/mol. The average Bonchev–Trinajstić information content (AvgIpc) is 2.88. The smallest absolute Gasteiger partial charge is 0.325 e. The summed E-state index contributed by atoms with van der Waals surface area (Å²) < 4.78 is 9.28. The predicted molar refractivity (Wildman–Crippen MR) is 60.7 cm³/mol. The lowest BCUT2D eigenvalue weighted by atomic mass is 10.4. The van der Waals surface area contributed by atoms with Crippen molar-refractivity contribution in [2.24, 2.45) is 0 Å². The number of likely N-dealkylation sites (N-methyl/N-ethyl adjacent to an activating group) is 1. The number of rotatable bonds is 5. The molecule has 0 unspecified atom stereocenters. The van der Waals surface area contributed by atoms with Crippen molar-refractivity contribution in [2.75, 3.05) is 27.2 Å².